The second kappa shape index (κ2) is 10.7. The van der Waals surface area contributed by atoms with Gasteiger partial charge in [0.2, 0.25) is 10.0 Å². The molecule has 2 aromatic rings. The number of ether oxygens (including phenoxy) is 2. The molecule has 0 heterocycles. The van der Waals surface area contributed by atoms with Gasteiger partial charge >= 0.3 is 0 Å². The maximum atomic E-state index is 12.2. The topological polar surface area (TPSA) is 93.7 Å². The first kappa shape index (κ1) is 24.8. The van der Waals surface area contributed by atoms with Crippen LogP contribution in [0.5, 0.6) is 5.75 Å². The lowest BCUT2D eigenvalue weighted by Crippen LogP contribution is -2.29. The fourth-order valence-corrected chi connectivity index (χ4v) is 3.91. The summed E-state index contributed by atoms with van der Waals surface area (Å²) in [5.41, 5.74) is 2.88. The third-order valence-corrected chi connectivity index (χ3v) is 6.10. The maximum Gasteiger partial charge on any atom is 0.258 e. The van der Waals surface area contributed by atoms with E-state index in [0.717, 1.165) is 16.7 Å². The lowest BCUT2D eigenvalue weighted by molar-refractivity contribution is -0.123. The largest absolute Gasteiger partial charge is 0.483 e. The van der Waals surface area contributed by atoms with E-state index < -0.39 is 10.0 Å². The number of aryl methyl sites for hydroxylation is 1. The van der Waals surface area contributed by atoms with Crippen LogP contribution >= 0.6 is 0 Å². The Labute approximate surface area is 185 Å². The van der Waals surface area contributed by atoms with Gasteiger partial charge in [0, 0.05) is 20.2 Å². The molecule has 0 aliphatic carbocycles. The number of benzene rings is 2. The highest BCUT2D eigenvalue weighted by Crippen LogP contribution is 2.32. The molecule has 2 rings (SSSR count). The fourth-order valence-electron chi connectivity index (χ4n) is 2.90. The average molecular weight is 449 g/mol. The van der Waals surface area contributed by atoms with Gasteiger partial charge in [0.05, 0.1) is 11.5 Å². The molecule has 31 heavy (non-hydrogen) atoms. The molecule has 0 saturated carbocycles. The molecule has 0 unspecified atom stereocenters. The summed E-state index contributed by atoms with van der Waals surface area (Å²) in [6.45, 7) is 9.02. The second-order valence-corrected chi connectivity index (χ2v) is 10.1. The van der Waals surface area contributed by atoms with E-state index in [1.807, 2.05) is 19.1 Å². The quantitative estimate of drug-likeness (QED) is 0.545. The number of sulfonamides is 1. The Bertz CT molecular complexity index is 980. The molecule has 0 saturated heterocycles. The molecule has 0 bridgehead atoms. The fraction of sp³-hybridized carbons (Fsp3) is 0.435. The van der Waals surface area contributed by atoms with Gasteiger partial charge in [0.1, 0.15) is 5.75 Å². The van der Waals surface area contributed by atoms with Crippen LogP contribution in [0, 0.1) is 6.92 Å². The number of nitrogens with one attached hydrogen (secondary N) is 2. The molecule has 0 spiro atoms. The highest BCUT2D eigenvalue weighted by Gasteiger charge is 2.19. The summed E-state index contributed by atoms with van der Waals surface area (Å²) in [7, 11) is -2.07. The zero-order valence-corrected chi connectivity index (χ0v) is 19.6. The van der Waals surface area contributed by atoms with E-state index >= 15 is 0 Å². The third-order valence-electron chi connectivity index (χ3n) is 4.62. The number of rotatable bonds is 10. The van der Waals surface area contributed by atoms with Crippen LogP contribution in [-0.4, -0.2) is 41.2 Å². The van der Waals surface area contributed by atoms with Crippen LogP contribution in [0.15, 0.2) is 47.4 Å². The molecule has 7 nitrogen and oxygen atoms in total. The highest BCUT2D eigenvalue weighted by atomic mass is 32.2. The standard InChI is InChI=1S/C23H32N2O5S/c1-17-6-11-21(20(14-17)23(2,3)4)30-16-22(26)24-15-18-7-9-19(10-8-18)31(27,28)25-12-13-29-5/h6-11,14,25H,12-13,15-16H2,1-5H3,(H,24,26). The molecule has 1 amide bonds. The predicted molar refractivity (Wildman–Crippen MR) is 121 cm³/mol. The van der Waals surface area contributed by atoms with Crippen LogP contribution in [0.25, 0.3) is 0 Å². The third kappa shape index (κ3) is 7.65. The van der Waals surface area contributed by atoms with Gasteiger partial charge in [-0.05, 0) is 41.7 Å². The van der Waals surface area contributed by atoms with E-state index in [0.29, 0.717) is 12.4 Å². The zero-order chi connectivity index (χ0) is 23.1. The minimum absolute atomic E-state index is 0.0952. The van der Waals surface area contributed by atoms with Crippen LogP contribution < -0.4 is 14.8 Å². The first-order valence-corrected chi connectivity index (χ1v) is 11.6. The van der Waals surface area contributed by atoms with Crippen LogP contribution in [0.2, 0.25) is 0 Å². The van der Waals surface area contributed by atoms with Gasteiger partial charge in [-0.25, -0.2) is 13.1 Å². The summed E-state index contributed by atoms with van der Waals surface area (Å²) in [6, 6.07) is 12.3. The summed E-state index contributed by atoms with van der Waals surface area (Å²) in [5, 5.41) is 2.79. The monoisotopic (exact) mass is 448 g/mol. The Morgan fingerprint density at radius 1 is 1.06 bits per heavy atom. The lowest BCUT2D eigenvalue weighted by atomic mass is 9.85. The molecule has 0 aliphatic rings. The predicted octanol–water partition coefficient (Wildman–Crippen LogP) is 2.91. The van der Waals surface area contributed by atoms with Gasteiger partial charge in [-0.15, -0.1) is 0 Å². The van der Waals surface area contributed by atoms with E-state index in [-0.39, 0.29) is 35.9 Å². The van der Waals surface area contributed by atoms with Crippen LogP contribution in [0.1, 0.15) is 37.5 Å². The number of methoxy groups -OCH3 is 1. The summed E-state index contributed by atoms with van der Waals surface area (Å²) >= 11 is 0. The van der Waals surface area contributed by atoms with Gasteiger partial charge in [-0.3, -0.25) is 4.79 Å². The molecule has 0 fully saturated rings. The van der Waals surface area contributed by atoms with Gasteiger partial charge in [-0.2, -0.15) is 0 Å². The van der Waals surface area contributed by atoms with Gasteiger partial charge < -0.3 is 14.8 Å². The van der Waals surface area contributed by atoms with Crippen molar-refractivity contribution in [1.82, 2.24) is 10.0 Å². The van der Waals surface area contributed by atoms with Crippen molar-refractivity contribution >= 4 is 15.9 Å². The van der Waals surface area contributed by atoms with Crippen LogP contribution in [-0.2, 0) is 31.5 Å². The van der Waals surface area contributed by atoms with Crippen molar-refractivity contribution in [2.75, 3.05) is 26.9 Å². The van der Waals surface area contributed by atoms with Crippen molar-refractivity contribution in [1.29, 1.82) is 0 Å². The van der Waals surface area contributed by atoms with Gasteiger partial charge in [-0.1, -0.05) is 50.6 Å². The SMILES string of the molecule is COCCNS(=O)(=O)c1ccc(CNC(=O)COc2ccc(C)cc2C(C)(C)C)cc1. The van der Waals surface area contributed by atoms with E-state index in [1.165, 1.54) is 19.2 Å². The number of hydrogen-bond acceptors (Lipinski definition) is 5. The van der Waals surface area contributed by atoms with E-state index in [2.05, 4.69) is 36.9 Å². The van der Waals surface area contributed by atoms with E-state index in [4.69, 9.17) is 9.47 Å². The van der Waals surface area contributed by atoms with Crippen LogP contribution in [0.4, 0.5) is 0 Å². The second-order valence-electron chi connectivity index (χ2n) is 8.35. The molecular weight excluding hydrogens is 416 g/mol. The molecule has 2 N–H and O–H groups in total. The molecule has 170 valence electrons. The number of carbonyl (C=O) groups excluding carboxylic acids is 1. The maximum absolute atomic E-state index is 12.2. The summed E-state index contributed by atoms with van der Waals surface area (Å²) < 4.78 is 37.4. The van der Waals surface area contributed by atoms with Crippen molar-refractivity contribution < 1.29 is 22.7 Å². The minimum atomic E-state index is -3.58. The van der Waals surface area contributed by atoms with E-state index in [9.17, 15) is 13.2 Å². The first-order chi connectivity index (χ1) is 14.5. The Balaban J connectivity index is 1.90. The molecule has 8 heteroatoms. The molecule has 0 atom stereocenters. The molecule has 0 radical (unpaired) electrons. The number of amides is 1. The number of carbonyl (C=O) groups is 1. The molecule has 0 aromatic heterocycles. The van der Waals surface area contributed by atoms with E-state index in [1.54, 1.807) is 12.1 Å². The Morgan fingerprint density at radius 2 is 1.74 bits per heavy atom. The summed E-state index contributed by atoms with van der Waals surface area (Å²) in [6.07, 6.45) is 0. The normalized spacial score (nSPS) is 11.9. The smallest absolute Gasteiger partial charge is 0.258 e. The minimum Gasteiger partial charge on any atom is -0.483 e. The van der Waals surface area contributed by atoms with Crippen molar-refractivity contribution in [3.63, 3.8) is 0 Å². The summed E-state index contributed by atoms with van der Waals surface area (Å²) in [5.74, 6) is 0.446. The zero-order valence-electron chi connectivity index (χ0n) is 18.8. The van der Waals surface area contributed by atoms with Crippen molar-refractivity contribution in [3.05, 3.63) is 59.2 Å². The number of hydrogen-bond donors (Lipinski definition) is 2. The van der Waals surface area contributed by atoms with Crippen molar-refractivity contribution in [2.24, 2.45) is 0 Å². The average Bonchev–Trinajstić information content (AvgIpc) is 2.71. The molecule has 2 aromatic carbocycles. The Hall–Kier alpha value is -2.42. The lowest BCUT2D eigenvalue weighted by Gasteiger charge is -2.23. The van der Waals surface area contributed by atoms with Crippen molar-refractivity contribution in [3.8, 4) is 5.75 Å². The Kier molecular flexibility index (Phi) is 8.61. The molecule has 0 aliphatic heterocycles. The summed E-state index contributed by atoms with van der Waals surface area (Å²) in [4.78, 5) is 12.4. The Morgan fingerprint density at radius 3 is 2.35 bits per heavy atom. The first-order valence-electron chi connectivity index (χ1n) is 10.1. The molecular formula is C23H32N2O5S. The van der Waals surface area contributed by atoms with Gasteiger partial charge in [0.25, 0.3) is 5.91 Å². The highest BCUT2D eigenvalue weighted by molar-refractivity contribution is 7.89. The van der Waals surface area contributed by atoms with Crippen molar-refractivity contribution in [2.45, 2.75) is 44.6 Å². The van der Waals surface area contributed by atoms with Gasteiger partial charge in [0.15, 0.2) is 6.61 Å². The van der Waals surface area contributed by atoms with Crippen LogP contribution in [0.3, 0.4) is 0 Å².